The van der Waals surface area contributed by atoms with E-state index in [-0.39, 0.29) is 32.5 Å². The number of urea groups is 1. The van der Waals surface area contributed by atoms with Crippen LogP contribution in [0, 0.1) is 6.92 Å². The summed E-state index contributed by atoms with van der Waals surface area (Å²) in [7, 11) is 0. The fourth-order valence-electron chi connectivity index (χ4n) is 5.83. The third-order valence-electron chi connectivity index (χ3n) is 8.45. The molecule has 1 aliphatic rings. The average molecular weight is 755 g/mol. The number of nitrogens with two attached hydrogens (primary N) is 2. The predicted octanol–water partition coefficient (Wildman–Crippen LogP) is 3.43. The Morgan fingerprint density at radius 3 is 2.53 bits per heavy atom. The summed E-state index contributed by atoms with van der Waals surface area (Å²) in [6, 6.07) is 9.10. The molecule has 3 heterocycles. The molecule has 3 atom stereocenters. The van der Waals surface area contributed by atoms with Crippen LogP contribution in [-0.4, -0.2) is 64.9 Å². The lowest BCUT2D eigenvalue weighted by atomic mass is 10.0. The summed E-state index contributed by atoms with van der Waals surface area (Å²) in [5.41, 5.74) is 15.1. The number of aromatic nitrogens is 2. The Labute approximate surface area is 309 Å². The quantitative estimate of drug-likeness (QED) is 0.125. The molecule has 2 aromatic carbocycles. The Morgan fingerprint density at radius 1 is 0.980 bits per heavy atom. The van der Waals surface area contributed by atoms with Crippen molar-refractivity contribution >= 4 is 69.6 Å². The van der Waals surface area contributed by atoms with E-state index in [1.165, 1.54) is 11.8 Å². The summed E-state index contributed by atoms with van der Waals surface area (Å²) in [4.78, 5) is 62.1. The number of aryl methyl sites for hydroxylation is 1. The van der Waals surface area contributed by atoms with E-state index in [9.17, 15) is 19.2 Å². The fraction of sp³-hybridized carbons (Fsp3) is 0.343. The number of carbonyl (C=O) groups excluding carboxylic acids is 4. The fourth-order valence-corrected chi connectivity index (χ4v) is 7.46. The number of hydrogen-bond donors (Lipinski definition) is 8. The zero-order chi connectivity index (χ0) is 36.5. The van der Waals surface area contributed by atoms with Crippen molar-refractivity contribution in [1.29, 1.82) is 0 Å². The summed E-state index contributed by atoms with van der Waals surface area (Å²) >= 11 is 14.5. The number of unbranched alkanes of at least 4 members (excludes halogenated alkanes) is 1. The van der Waals surface area contributed by atoms with Gasteiger partial charge in [0.15, 0.2) is 0 Å². The highest BCUT2D eigenvalue weighted by Crippen LogP contribution is 2.39. The first kappa shape index (κ1) is 37.9. The van der Waals surface area contributed by atoms with Crippen molar-refractivity contribution < 1.29 is 19.2 Å². The van der Waals surface area contributed by atoms with Crippen LogP contribution in [0.5, 0.6) is 0 Å². The number of hydrogen-bond acceptors (Lipinski definition) is 8. The van der Waals surface area contributed by atoms with Crippen LogP contribution in [0.15, 0.2) is 64.8 Å². The topological polar surface area (TPSA) is 209 Å². The molecule has 0 aliphatic carbocycles. The van der Waals surface area contributed by atoms with Crippen LogP contribution in [-0.2, 0) is 33.9 Å². The number of rotatable bonds is 8. The minimum Gasteiger partial charge on any atom is -0.361 e. The summed E-state index contributed by atoms with van der Waals surface area (Å²) in [6.07, 6.45) is 5.12. The van der Waals surface area contributed by atoms with Crippen LogP contribution in [0.2, 0.25) is 10.0 Å². The smallest absolute Gasteiger partial charge is 0.312 e. The second kappa shape index (κ2) is 17.7. The lowest BCUT2D eigenvalue weighted by Gasteiger charge is -2.25. The first-order valence-electron chi connectivity index (χ1n) is 16.5. The summed E-state index contributed by atoms with van der Waals surface area (Å²) < 4.78 is 0. The first-order chi connectivity index (χ1) is 24.5. The number of fused-ring (bicyclic) bond motifs is 3. The molecule has 0 fully saturated rings. The van der Waals surface area contributed by atoms with Crippen molar-refractivity contribution in [2.24, 2.45) is 11.5 Å². The highest BCUT2D eigenvalue weighted by Gasteiger charge is 2.30. The zero-order valence-corrected chi connectivity index (χ0v) is 30.3. The Kier molecular flexibility index (Phi) is 13.2. The van der Waals surface area contributed by atoms with Gasteiger partial charge in [0.25, 0.3) is 0 Å². The molecule has 2 aromatic heterocycles. The van der Waals surface area contributed by atoms with Gasteiger partial charge in [-0.3, -0.25) is 14.4 Å². The standard InChI is InChI=1S/C35H41Cl2N9O4S/c1-19-10-22-17-41-29(18-44-35(39)50)33(49)45-27(8-4-5-9-38)32(48)46-28(12-20-15-40-26-7-3-2-6-24(20)26)31(47)42-16-21-11-23(36)13-25(37)30(21)51-34(22)43-14-19/h2-3,6-7,10-11,13-15,27-29,40-41H,4-5,8-9,12,16-18,38H2,1H3,(H,42,47)(H,45,49)(H,46,48)(H3,39,44,50)/t27-,28-,29-/m0/s1. The van der Waals surface area contributed by atoms with Gasteiger partial charge in [0.05, 0.1) is 5.02 Å². The predicted molar refractivity (Wildman–Crippen MR) is 198 cm³/mol. The number of primary amides is 1. The van der Waals surface area contributed by atoms with Gasteiger partial charge in [-0.2, -0.15) is 0 Å². The Balaban J connectivity index is 1.56. The molecular weight excluding hydrogens is 713 g/mol. The highest BCUT2D eigenvalue weighted by atomic mass is 35.5. The van der Waals surface area contributed by atoms with Gasteiger partial charge >= 0.3 is 6.03 Å². The minimum atomic E-state index is -1.03. The van der Waals surface area contributed by atoms with Crippen LogP contribution in [0.25, 0.3) is 10.9 Å². The van der Waals surface area contributed by atoms with E-state index in [1.807, 2.05) is 43.5 Å². The van der Waals surface area contributed by atoms with E-state index in [0.717, 1.165) is 27.6 Å². The molecule has 270 valence electrons. The normalized spacial score (nSPS) is 18.9. The molecule has 0 spiro atoms. The molecule has 5 rings (SSSR count). The van der Waals surface area contributed by atoms with E-state index in [0.29, 0.717) is 44.9 Å². The molecule has 0 bridgehead atoms. The molecule has 1 aliphatic heterocycles. The van der Waals surface area contributed by atoms with Gasteiger partial charge < -0.3 is 43.0 Å². The molecular formula is C35H41Cl2N9O4S. The van der Waals surface area contributed by atoms with Gasteiger partial charge in [-0.25, -0.2) is 9.78 Å². The van der Waals surface area contributed by atoms with Crippen molar-refractivity contribution in [3.05, 3.63) is 87.2 Å². The molecule has 4 aromatic rings. The maximum Gasteiger partial charge on any atom is 0.312 e. The van der Waals surface area contributed by atoms with Gasteiger partial charge in [-0.1, -0.05) is 59.2 Å². The van der Waals surface area contributed by atoms with E-state index in [1.54, 1.807) is 18.3 Å². The maximum atomic E-state index is 14.0. The summed E-state index contributed by atoms with van der Waals surface area (Å²) in [5, 5.41) is 16.7. The van der Waals surface area contributed by atoms with Crippen LogP contribution in [0.3, 0.4) is 0 Å². The Morgan fingerprint density at radius 2 is 1.75 bits per heavy atom. The van der Waals surface area contributed by atoms with Gasteiger partial charge in [0.1, 0.15) is 23.2 Å². The first-order valence-corrected chi connectivity index (χ1v) is 18.1. The van der Waals surface area contributed by atoms with Crippen LogP contribution < -0.4 is 38.1 Å². The van der Waals surface area contributed by atoms with Gasteiger partial charge in [-0.15, -0.1) is 0 Å². The minimum absolute atomic E-state index is 0.0542. The highest BCUT2D eigenvalue weighted by molar-refractivity contribution is 7.99. The van der Waals surface area contributed by atoms with Crippen molar-refractivity contribution in [2.45, 2.75) is 73.7 Å². The number of H-pyrrole nitrogens is 1. The van der Waals surface area contributed by atoms with Crippen molar-refractivity contribution in [2.75, 3.05) is 13.1 Å². The Bertz CT molecular complexity index is 1910. The van der Waals surface area contributed by atoms with Crippen LogP contribution in [0.4, 0.5) is 4.79 Å². The monoisotopic (exact) mass is 753 g/mol. The number of halogens is 2. The van der Waals surface area contributed by atoms with E-state index in [4.69, 9.17) is 34.7 Å². The largest absolute Gasteiger partial charge is 0.361 e. The average Bonchev–Trinajstić information content (AvgIpc) is 3.50. The molecule has 51 heavy (non-hydrogen) atoms. The maximum absolute atomic E-state index is 14.0. The van der Waals surface area contributed by atoms with Crippen LogP contribution >= 0.6 is 35.0 Å². The van der Waals surface area contributed by atoms with Crippen LogP contribution in [0.1, 0.15) is 41.5 Å². The molecule has 0 saturated carbocycles. The lowest BCUT2D eigenvalue weighted by Crippen LogP contribution is -2.58. The van der Waals surface area contributed by atoms with E-state index < -0.39 is 41.9 Å². The number of pyridine rings is 1. The van der Waals surface area contributed by atoms with E-state index in [2.05, 4.69) is 36.6 Å². The lowest BCUT2D eigenvalue weighted by molar-refractivity contribution is -0.132. The number of aromatic amines is 1. The Hall–Kier alpha value is -4.34. The van der Waals surface area contributed by atoms with Crippen molar-refractivity contribution in [3.8, 4) is 0 Å². The molecule has 0 unspecified atom stereocenters. The molecule has 10 N–H and O–H groups in total. The van der Waals surface area contributed by atoms with E-state index >= 15 is 0 Å². The number of nitrogens with zero attached hydrogens (tertiary/aromatic N) is 1. The SMILES string of the molecule is Cc1cnc2c(c1)CN[C@@H](CNC(N)=O)C(=O)N[C@@H](CCCCN)C(=O)N[C@@H](Cc1c[nH]c3ccccc13)C(=O)NCc1cc(Cl)cc(Cl)c1S2. The summed E-state index contributed by atoms with van der Waals surface area (Å²) in [5.74, 6) is -1.54. The molecule has 0 radical (unpaired) electrons. The van der Waals surface area contributed by atoms with Crippen molar-refractivity contribution in [1.82, 2.24) is 36.6 Å². The van der Waals surface area contributed by atoms with Crippen molar-refractivity contribution in [3.63, 3.8) is 0 Å². The number of amides is 5. The van der Waals surface area contributed by atoms with Gasteiger partial charge in [0.2, 0.25) is 17.7 Å². The molecule has 16 heteroatoms. The number of benzene rings is 2. The number of nitrogens with one attached hydrogen (secondary N) is 6. The second-order valence-electron chi connectivity index (χ2n) is 12.3. The third kappa shape index (κ3) is 10.1. The number of carbonyl (C=O) groups is 4. The summed E-state index contributed by atoms with van der Waals surface area (Å²) in [6.45, 7) is 2.37. The third-order valence-corrected chi connectivity index (χ3v) is 10.3. The molecule has 5 amide bonds. The second-order valence-corrected chi connectivity index (χ2v) is 14.2. The molecule has 13 nitrogen and oxygen atoms in total. The van der Waals surface area contributed by atoms with Gasteiger partial charge in [-0.05, 0) is 73.2 Å². The zero-order valence-electron chi connectivity index (χ0n) is 28.0. The molecule has 0 saturated heterocycles. The van der Waals surface area contributed by atoms with Gasteiger partial charge in [0, 0.05) is 59.3 Å². The number of para-hydroxylation sites is 1.